The third-order valence-electron chi connectivity index (χ3n) is 1.11. The van der Waals surface area contributed by atoms with Gasteiger partial charge in [-0.2, -0.15) is 48.9 Å². The van der Waals surface area contributed by atoms with E-state index in [4.69, 9.17) is 0 Å². The maximum absolute atomic E-state index is 4.08. The molecule has 2 radical (unpaired) electrons. The summed E-state index contributed by atoms with van der Waals surface area (Å²) in [6, 6.07) is 20.0. The Morgan fingerprint density at radius 3 is 0.812 bits per heavy atom. The smallest absolute Gasteiger partial charge is 0 e. The van der Waals surface area contributed by atoms with Crippen molar-refractivity contribution in [2.45, 2.75) is 0 Å². The molecule has 0 aliphatic carbocycles. The van der Waals surface area contributed by atoms with Crippen LogP contribution in [0.15, 0.2) is 60.7 Å². The molecule has 0 amide bonds. The van der Waals surface area contributed by atoms with E-state index in [1.807, 2.05) is 60.7 Å². The molecular weight excluding hydrogens is 326 g/mol. The minimum Gasteiger partial charge on any atom is -0.796 e. The monoisotopic (exact) mass is 342 g/mol. The fourth-order valence-electron chi connectivity index (χ4n) is 0.642. The van der Waals surface area contributed by atoms with Crippen molar-refractivity contribution in [3.8, 4) is 0 Å². The Bertz CT molecular complexity index is 156. The molecular formula is C12H16Co2S2-4. The third-order valence-corrected chi connectivity index (χ3v) is 1.11. The second-order valence-corrected chi connectivity index (χ2v) is 1.92. The van der Waals surface area contributed by atoms with Crippen molar-refractivity contribution in [2.24, 2.45) is 0 Å². The van der Waals surface area contributed by atoms with Crippen LogP contribution in [0.25, 0.3) is 0 Å². The minimum atomic E-state index is 0. The van der Waals surface area contributed by atoms with E-state index in [0.717, 1.165) is 0 Å². The minimum absolute atomic E-state index is 0. The Labute approximate surface area is 131 Å². The molecule has 0 unspecified atom stereocenters. The van der Waals surface area contributed by atoms with Crippen LogP contribution in [0.5, 0.6) is 0 Å². The number of hydrogen-bond acceptors (Lipinski definition) is 2. The zero-order chi connectivity index (χ0) is 11.1. The van der Waals surface area contributed by atoms with E-state index in [0.29, 0.717) is 0 Å². The predicted octanol–water partition coefficient (Wildman–Crippen LogP) is 3.13. The average Bonchev–Trinajstić information content (AvgIpc) is 3.01. The van der Waals surface area contributed by atoms with Gasteiger partial charge in [0.15, 0.2) is 0 Å². The van der Waals surface area contributed by atoms with Crippen molar-refractivity contribution in [1.82, 2.24) is 0 Å². The van der Waals surface area contributed by atoms with Crippen LogP contribution in [0, 0.1) is 0 Å². The molecule has 98 valence electrons. The molecule has 0 spiro atoms. The summed E-state index contributed by atoms with van der Waals surface area (Å²) in [6.45, 7) is 0. The molecule has 2 aromatic rings. The maximum Gasteiger partial charge on any atom is 0 e. The molecule has 0 aromatic heterocycles. The van der Waals surface area contributed by atoms with E-state index in [1.165, 1.54) is 0 Å². The molecule has 0 aliphatic rings. The van der Waals surface area contributed by atoms with E-state index < -0.39 is 0 Å². The average molecular weight is 342 g/mol. The Morgan fingerprint density at radius 1 is 0.562 bits per heavy atom. The van der Waals surface area contributed by atoms with Gasteiger partial charge in [0.05, 0.1) is 0 Å². The first-order valence-electron chi connectivity index (χ1n) is 4.15. The summed E-state index contributed by atoms with van der Waals surface area (Å²) >= 11 is 8.17. The molecule has 2 aromatic carbocycles. The van der Waals surface area contributed by atoms with Gasteiger partial charge in [0.1, 0.15) is 0 Å². The molecule has 0 bridgehead atoms. The van der Waals surface area contributed by atoms with E-state index in [2.05, 4.69) is 25.3 Å². The molecule has 4 heteroatoms. The molecule has 0 N–H and O–H groups in total. The van der Waals surface area contributed by atoms with Gasteiger partial charge in [-0.05, 0) is 0 Å². The van der Waals surface area contributed by atoms with Gasteiger partial charge < -0.3 is 25.3 Å². The van der Waals surface area contributed by atoms with E-state index in [1.54, 1.807) is 12.5 Å². The summed E-state index contributed by atoms with van der Waals surface area (Å²) < 4.78 is 0. The first-order valence-corrected chi connectivity index (χ1v) is 5.78. The molecule has 0 nitrogen and oxygen atoms in total. The Balaban J connectivity index is -0.0000000631. The standard InChI is InChI=1S/2C5H5.2CH4S.2Co/c2*1-2-4-5-3-1;2*1-2;;/h2*1-5H;2*2H,1H3;;/q2*-1;;;;/p-2. The van der Waals surface area contributed by atoms with Crippen LogP contribution in [0.3, 0.4) is 0 Å². The summed E-state index contributed by atoms with van der Waals surface area (Å²) in [5, 5.41) is 0. The Kier molecular flexibility index (Phi) is 46.7. The number of hydrogen-bond donors (Lipinski definition) is 0. The Hall–Kier alpha value is 0.413. The van der Waals surface area contributed by atoms with Gasteiger partial charge in [-0.1, -0.05) is 0 Å². The molecule has 0 aliphatic heterocycles. The van der Waals surface area contributed by atoms with E-state index in [-0.39, 0.29) is 33.6 Å². The van der Waals surface area contributed by atoms with Crippen LogP contribution in [0.1, 0.15) is 0 Å². The third kappa shape index (κ3) is 23.9. The van der Waals surface area contributed by atoms with E-state index >= 15 is 0 Å². The van der Waals surface area contributed by atoms with E-state index in [9.17, 15) is 0 Å². The first kappa shape index (κ1) is 25.3. The summed E-state index contributed by atoms with van der Waals surface area (Å²) in [5.41, 5.74) is 0. The van der Waals surface area contributed by atoms with Crippen molar-refractivity contribution in [1.29, 1.82) is 0 Å². The summed E-state index contributed by atoms with van der Waals surface area (Å²) in [5.74, 6) is 0. The zero-order valence-corrected chi connectivity index (χ0v) is 13.0. The zero-order valence-electron chi connectivity index (χ0n) is 9.26. The largest absolute Gasteiger partial charge is 0.796 e. The summed E-state index contributed by atoms with van der Waals surface area (Å²) in [6.07, 6.45) is 3.17. The summed E-state index contributed by atoms with van der Waals surface area (Å²) in [4.78, 5) is 0. The molecule has 0 saturated heterocycles. The normalized spacial score (nSPS) is 5.75. The van der Waals surface area contributed by atoms with Crippen molar-refractivity contribution in [3.63, 3.8) is 0 Å². The van der Waals surface area contributed by atoms with Crippen LogP contribution in [-0.4, -0.2) is 12.5 Å². The fraction of sp³-hybridized carbons (Fsp3) is 0.167. The van der Waals surface area contributed by atoms with Gasteiger partial charge in [0, 0.05) is 33.6 Å². The molecule has 0 atom stereocenters. The molecule has 2 rings (SSSR count). The molecule has 0 heterocycles. The molecule has 16 heavy (non-hydrogen) atoms. The molecule has 0 fully saturated rings. The van der Waals surface area contributed by atoms with Crippen molar-refractivity contribution in [3.05, 3.63) is 60.7 Å². The van der Waals surface area contributed by atoms with Gasteiger partial charge in [-0.15, -0.1) is 0 Å². The quantitative estimate of drug-likeness (QED) is 0.533. The van der Waals surface area contributed by atoms with Crippen LogP contribution in [-0.2, 0) is 58.8 Å². The second kappa shape index (κ2) is 29.5. The van der Waals surface area contributed by atoms with Gasteiger partial charge in [0.25, 0.3) is 0 Å². The Morgan fingerprint density at radius 2 is 0.750 bits per heavy atom. The maximum atomic E-state index is 4.08. The topological polar surface area (TPSA) is 0 Å². The molecule has 0 saturated carbocycles. The van der Waals surface area contributed by atoms with Crippen LogP contribution < -0.4 is 0 Å². The van der Waals surface area contributed by atoms with Crippen LogP contribution in [0.4, 0.5) is 0 Å². The SMILES string of the molecule is C[S-].C[S-].[Co].[Co].c1cc[cH-]c1.c1cc[cH-]c1. The van der Waals surface area contributed by atoms with Crippen LogP contribution >= 0.6 is 0 Å². The van der Waals surface area contributed by atoms with Gasteiger partial charge in [-0.3, -0.25) is 0 Å². The number of rotatable bonds is 0. The van der Waals surface area contributed by atoms with Crippen LogP contribution in [0.2, 0.25) is 0 Å². The van der Waals surface area contributed by atoms with Gasteiger partial charge in [-0.25, -0.2) is 24.3 Å². The second-order valence-electron chi connectivity index (χ2n) is 1.92. The van der Waals surface area contributed by atoms with Gasteiger partial charge in [0.2, 0.25) is 0 Å². The fourth-order valence-corrected chi connectivity index (χ4v) is 0.642. The summed E-state index contributed by atoms with van der Waals surface area (Å²) in [7, 11) is 0. The predicted molar refractivity (Wildman–Crippen MR) is 70.6 cm³/mol. The first-order chi connectivity index (χ1) is 7.00. The van der Waals surface area contributed by atoms with Crippen molar-refractivity contribution >= 4 is 25.3 Å². The van der Waals surface area contributed by atoms with Crippen molar-refractivity contribution < 1.29 is 33.6 Å². The van der Waals surface area contributed by atoms with Crippen molar-refractivity contribution in [2.75, 3.05) is 12.5 Å². The van der Waals surface area contributed by atoms with Gasteiger partial charge >= 0.3 is 0 Å².